The molecule has 22 heavy (non-hydrogen) atoms. The Morgan fingerprint density at radius 1 is 1.32 bits per heavy atom. The number of anilines is 1. The molecule has 1 heterocycles. The zero-order valence-corrected chi connectivity index (χ0v) is 13.9. The van der Waals surface area contributed by atoms with E-state index in [9.17, 15) is 4.79 Å². The molecule has 1 atom stereocenters. The first kappa shape index (κ1) is 16.8. The summed E-state index contributed by atoms with van der Waals surface area (Å²) < 4.78 is 0. The highest BCUT2D eigenvalue weighted by molar-refractivity contribution is 5.81. The maximum atomic E-state index is 12.3. The number of benzene rings is 1. The van der Waals surface area contributed by atoms with Crippen LogP contribution in [0, 0.1) is 0 Å². The number of amides is 1. The van der Waals surface area contributed by atoms with E-state index < -0.39 is 0 Å². The minimum absolute atomic E-state index is 0.0885. The Morgan fingerprint density at radius 3 is 2.82 bits per heavy atom. The fourth-order valence-corrected chi connectivity index (χ4v) is 3.12. The maximum absolute atomic E-state index is 12.3. The van der Waals surface area contributed by atoms with Crippen LogP contribution in [-0.4, -0.2) is 50.1 Å². The molecule has 0 radical (unpaired) electrons. The normalized spacial score (nSPS) is 18.9. The maximum Gasteiger partial charge on any atom is 0.237 e. The lowest BCUT2D eigenvalue weighted by Crippen LogP contribution is -2.49. The second kappa shape index (κ2) is 8.79. The van der Waals surface area contributed by atoms with Crippen molar-refractivity contribution in [1.29, 1.82) is 0 Å². The molecule has 1 aromatic carbocycles. The minimum Gasteiger partial charge on any atom is -0.375 e. The number of piperidine rings is 1. The fourth-order valence-electron chi connectivity index (χ4n) is 3.12. The predicted molar refractivity (Wildman–Crippen MR) is 92.2 cm³/mol. The summed E-state index contributed by atoms with van der Waals surface area (Å²) in [6.45, 7) is 5.87. The van der Waals surface area contributed by atoms with Gasteiger partial charge in [-0.15, -0.1) is 0 Å². The third kappa shape index (κ3) is 4.73. The van der Waals surface area contributed by atoms with Gasteiger partial charge in [-0.3, -0.25) is 9.69 Å². The van der Waals surface area contributed by atoms with E-state index in [1.54, 1.807) is 0 Å². The molecule has 1 saturated heterocycles. The van der Waals surface area contributed by atoms with Crippen LogP contribution < -0.4 is 10.2 Å². The molecule has 0 aromatic heterocycles. The lowest BCUT2D eigenvalue weighted by Gasteiger charge is -2.33. The van der Waals surface area contributed by atoms with Crippen LogP contribution in [-0.2, 0) is 4.79 Å². The number of para-hydroxylation sites is 1. The largest absolute Gasteiger partial charge is 0.375 e. The number of hydrogen-bond donors (Lipinski definition) is 1. The van der Waals surface area contributed by atoms with Gasteiger partial charge in [-0.05, 0) is 44.5 Å². The lowest BCUT2D eigenvalue weighted by molar-refractivity contribution is -0.127. The summed E-state index contributed by atoms with van der Waals surface area (Å²) >= 11 is 0. The monoisotopic (exact) mass is 303 g/mol. The SMILES string of the molecule is CCN1CCCCC1C(=O)NCCCN(C)c1ccccc1. The molecule has 0 saturated carbocycles. The van der Waals surface area contributed by atoms with Gasteiger partial charge in [0.05, 0.1) is 6.04 Å². The van der Waals surface area contributed by atoms with E-state index in [1.165, 1.54) is 18.5 Å². The topological polar surface area (TPSA) is 35.6 Å². The Labute approximate surface area is 134 Å². The molecule has 1 aliphatic heterocycles. The van der Waals surface area contributed by atoms with Gasteiger partial charge in [-0.2, -0.15) is 0 Å². The fraction of sp³-hybridized carbons (Fsp3) is 0.611. The van der Waals surface area contributed by atoms with E-state index in [2.05, 4.69) is 53.4 Å². The molecule has 1 aromatic rings. The summed E-state index contributed by atoms with van der Waals surface area (Å²) in [6, 6.07) is 10.4. The van der Waals surface area contributed by atoms with Crippen LogP contribution in [0.4, 0.5) is 5.69 Å². The van der Waals surface area contributed by atoms with E-state index in [-0.39, 0.29) is 11.9 Å². The van der Waals surface area contributed by atoms with Gasteiger partial charge in [0.1, 0.15) is 0 Å². The summed E-state index contributed by atoms with van der Waals surface area (Å²) in [5.41, 5.74) is 1.22. The van der Waals surface area contributed by atoms with E-state index in [0.29, 0.717) is 0 Å². The first-order chi connectivity index (χ1) is 10.7. The molecule has 4 nitrogen and oxygen atoms in total. The molecule has 1 amide bonds. The molecule has 4 heteroatoms. The van der Waals surface area contributed by atoms with Crippen LogP contribution >= 0.6 is 0 Å². The van der Waals surface area contributed by atoms with E-state index in [1.807, 2.05) is 6.07 Å². The molecule has 0 bridgehead atoms. The Kier molecular flexibility index (Phi) is 6.72. The zero-order chi connectivity index (χ0) is 15.8. The van der Waals surface area contributed by atoms with Crippen LogP contribution in [0.15, 0.2) is 30.3 Å². The lowest BCUT2D eigenvalue weighted by atomic mass is 10.0. The van der Waals surface area contributed by atoms with Crippen molar-refractivity contribution >= 4 is 11.6 Å². The van der Waals surface area contributed by atoms with Crippen molar-refractivity contribution in [3.05, 3.63) is 30.3 Å². The molecular formula is C18H29N3O. The number of hydrogen-bond acceptors (Lipinski definition) is 3. The molecular weight excluding hydrogens is 274 g/mol. The van der Waals surface area contributed by atoms with Crippen LogP contribution in [0.5, 0.6) is 0 Å². The van der Waals surface area contributed by atoms with Crippen molar-refractivity contribution in [2.75, 3.05) is 38.1 Å². The number of carbonyl (C=O) groups excluding carboxylic acids is 1. The smallest absolute Gasteiger partial charge is 0.237 e. The summed E-state index contributed by atoms with van der Waals surface area (Å²) in [7, 11) is 2.09. The number of likely N-dealkylation sites (N-methyl/N-ethyl adjacent to an activating group) is 1. The first-order valence-electron chi connectivity index (χ1n) is 8.50. The number of likely N-dealkylation sites (tertiary alicyclic amines) is 1. The molecule has 1 unspecified atom stereocenters. The predicted octanol–water partition coefficient (Wildman–Crippen LogP) is 2.50. The van der Waals surface area contributed by atoms with Crippen molar-refractivity contribution in [2.45, 2.75) is 38.6 Å². The Balaban J connectivity index is 1.68. The highest BCUT2D eigenvalue weighted by Gasteiger charge is 2.26. The molecule has 0 spiro atoms. The van der Waals surface area contributed by atoms with E-state index >= 15 is 0 Å². The van der Waals surface area contributed by atoms with E-state index in [4.69, 9.17) is 0 Å². The van der Waals surface area contributed by atoms with Crippen LogP contribution in [0.2, 0.25) is 0 Å². The Morgan fingerprint density at radius 2 is 2.09 bits per heavy atom. The van der Waals surface area contributed by atoms with Crippen molar-refractivity contribution in [3.63, 3.8) is 0 Å². The van der Waals surface area contributed by atoms with Crippen molar-refractivity contribution in [2.24, 2.45) is 0 Å². The summed E-state index contributed by atoms with van der Waals surface area (Å²) in [5, 5.41) is 3.12. The second-order valence-corrected chi connectivity index (χ2v) is 6.04. The van der Waals surface area contributed by atoms with Gasteiger partial charge in [0.15, 0.2) is 0 Å². The standard InChI is InChI=1S/C18H29N3O/c1-3-21-15-8-7-12-17(21)18(22)19-13-9-14-20(2)16-10-5-4-6-11-16/h4-6,10-11,17H,3,7-9,12-15H2,1-2H3,(H,19,22). The molecule has 1 N–H and O–H groups in total. The van der Waals surface area contributed by atoms with Gasteiger partial charge in [0, 0.05) is 25.8 Å². The molecule has 122 valence electrons. The summed E-state index contributed by atoms with van der Waals surface area (Å²) in [5.74, 6) is 0.212. The number of nitrogens with one attached hydrogen (secondary N) is 1. The third-order valence-corrected chi connectivity index (χ3v) is 4.49. The molecule has 0 aliphatic carbocycles. The van der Waals surface area contributed by atoms with Crippen LogP contribution in [0.1, 0.15) is 32.6 Å². The van der Waals surface area contributed by atoms with Gasteiger partial charge < -0.3 is 10.2 Å². The average Bonchev–Trinajstić information content (AvgIpc) is 2.59. The highest BCUT2D eigenvalue weighted by atomic mass is 16.2. The van der Waals surface area contributed by atoms with Crippen LogP contribution in [0.25, 0.3) is 0 Å². The van der Waals surface area contributed by atoms with Gasteiger partial charge in [0.25, 0.3) is 0 Å². The summed E-state index contributed by atoms with van der Waals surface area (Å²) in [4.78, 5) is 16.8. The van der Waals surface area contributed by atoms with Gasteiger partial charge in [0.2, 0.25) is 5.91 Å². The van der Waals surface area contributed by atoms with Gasteiger partial charge >= 0.3 is 0 Å². The van der Waals surface area contributed by atoms with Gasteiger partial charge in [-0.1, -0.05) is 31.5 Å². The Bertz CT molecular complexity index is 449. The zero-order valence-electron chi connectivity index (χ0n) is 13.9. The molecule has 1 aliphatic rings. The summed E-state index contributed by atoms with van der Waals surface area (Å²) in [6.07, 6.45) is 4.37. The third-order valence-electron chi connectivity index (χ3n) is 4.49. The van der Waals surface area contributed by atoms with Crippen molar-refractivity contribution in [1.82, 2.24) is 10.2 Å². The number of rotatable bonds is 7. The van der Waals surface area contributed by atoms with Gasteiger partial charge in [-0.25, -0.2) is 0 Å². The van der Waals surface area contributed by atoms with Crippen LogP contribution in [0.3, 0.4) is 0 Å². The quantitative estimate of drug-likeness (QED) is 0.786. The molecule has 2 rings (SSSR count). The minimum atomic E-state index is 0.0885. The number of nitrogens with zero attached hydrogens (tertiary/aromatic N) is 2. The number of carbonyl (C=O) groups is 1. The van der Waals surface area contributed by atoms with E-state index in [0.717, 1.165) is 39.0 Å². The highest BCUT2D eigenvalue weighted by Crippen LogP contribution is 2.16. The molecule has 1 fully saturated rings. The second-order valence-electron chi connectivity index (χ2n) is 6.04. The first-order valence-corrected chi connectivity index (χ1v) is 8.50. The average molecular weight is 303 g/mol. The van der Waals surface area contributed by atoms with Crippen molar-refractivity contribution in [3.8, 4) is 0 Å². The Hall–Kier alpha value is -1.55. The van der Waals surface area contributed by atoms with Crippen molar-refractivity contribution < 1.29 is 4.79 Å².